The van der Waals surface area contributed by atoms with Crippen LogP contribution >= 0.6 is 0 Å². The van der Waals surface area contributed by atoms with Crippen molar-refractivity contribution in [3.63, 3.8) is 0 Å². The minimum absolute atomic E-state index is 0.240. The molecule has 0 aliphatic heterocycles. The van der Waals surface area contributed by atoms with E-state index in [0.717, 1.165) is 11.0 Å². The van der Waals surface area contributed by atoms with Gasteiger partial charge in [-0.25, -0.2) is 18.7 Å². The Bertz CT molecular complexity index is 1010. The van der Waals surface area contributed by atoms with Gasteiger partial charge in [-0.15, -0.1) is 0 Å². The van der Waals surface area contributed by atoms with Crippen molar-refractivity contribution in [1.29, 1.82) is 0 Å². The molecule has 0 unspecified atom stereocenters. The molecule has 2 aromatic heterocycles. The number of hydrogen-bond acceptors (Lipinski definition) is 4. The molecule has 0 saturated carbocycles. The maximum Gasteiger partial charge on any atom is 0.297 e. The third kappa shape index (κ3) is 2.91. The van der Waals surface area contributed by atoms with E-state index in [2.05, 4.69) is 15.3 Å². The van der Waals surface area contributed by atoms with Crippen molar-refractivity contribution in [1.82, 2.24) is 9.97 Å². The van der Waals surface area contributed by atoms with Crippen LogP contribution in [0.5, 0.6) is 0 Å². The third-order valence-corrected chi connectivity index (χ3v) is 4.04. The molecule has 25 heavy (non-hydrogen) atoms. The molecule has 4 nitrogen and oxygen atoms in total. The molecule has 4 rings (SSSR count). The normalized spacial score (nSPS) is 12.8. The zero-order valence-corrected chi connectivity index (χ0v) is 13.4. The van der Waals surface area contributed by atoms with Gasteiger partial charge in [-0.3, -0.25) is 0 Å². The van der Waals surface area contributed by atoms with Crippen LogP contribution in [0.2, 0.25) is 0 Å². The van der Waals surface area contributed by atoms with E-state index in [1.54, 1.807) is 18.2 Å². The number of furan rings is 1. The minimum Gasteiger partial charge on any atom is -0.459 e. The number of hydrogen-bond donors (Lipinski definition) is 1. The maximum atomic E-state index is 13.1. The second kappa shape index (κ2) is 6.12. The van der Waals surface area contributed by atoms with Gasteiger partial charge in [0.25, 0.3) is 6.43 Å². The molecule has 126 valence electrons. The summed E-state index contributed by atoms with van der Waals surface area (Å²) in [5.74, 6) is 0.592. The molecule has 0 bridgehead atoms. The molecule has 0 fully saturated rings. The molecule has 1 N–H and O–H groups in total. The molecule has 4 aromatic rings. The van der Waals surface area contributed by atoms with Crippen LogP contribution in [0.25, 0.3) is 21.9 Å². The van der Waals surface area contributed by atoms with Gasteiger partial charge in [-0.05, 0) is 31.2 Å². The van der Waals surface area contributed by atoms with Crippen LogP contribution in [-0.4, -0.2) is 9.97 Å². The molecule has 2 heterocycles. The summed E-state index contributed by atoms with van der Waals surface area (Å²) in [4.78, 5) is 7.93. The molecule has 0 spiro atoms. The van der Waals surface area contributed by atoms with Crippen LogP contribution < -0.4 is 5.32 Å². The lowest BCUT2D eigenvalue weighted by Gasteiger charge is -2.15. The van der Waals surface area contributed by atoms with Crippen molar-refractivity contribution >= 4 is 27.7 Å². The summed E-state index contributed by atoms with van der Waals surface area (Å²) < 4.78 is 32.0. The molecule has 0 aliphatic rings. The van der Waals surface area contributed by atoms with E-state index in [4.69, 9.17) is 4.42 Å². The standard InChI is InChI=1S/C19H15F2N3O/c1-11(16-10-12-6-2-5-9-15(12)25-16)22-18-13-7-3-4-8-14(13)23-19(24-18)17(20)21/h2-11,17H,1H3,(H,22,23,24)/t11-/m1/s1. The number of alkyl halides is 2. The number of fused-ring (bicyclic) bond motifs is 2. The fourth-order valence-corrected chi connectivity index (χ4v) is 2.79. The predicted octanol–water partition coefficient (Wildman–Crippen LogP) is 5.49. The number of benzene rings is 2. The summed E-state index contributed by atoms with van der Waals surface area (Å²) >= 11 is 0. The van der Waals surface area contributed by atoms with Crippen molar-refractivity contribution < 1.29 is 13.2 Å². The van der Waals surface area contributed by atoms with Crippen LogP contribution in [0.15, 0.2) is 59.0 Å². The Balaban J connectivity index is 1.73. The Kier molecular flexibility index (Phi) is 3.80. The first kappa shape index (κ1) is 15.5. The first-order valence-electron chi connectivity index (χ1n) is 7.91. The number of para-hydroxylation sites is 2. The minimum atomic E-state index is -2.73. The molecule has 0 radical (unpaired) electrons. The Morgan fingerprint density at radius 2 is 1.76 bits per heavy atom. The van der Waals surface area contributed by atoms with Gasteiger partial charge in [0.1, 0.15) is 17.2 Å². The highest BCUT2D eigenvalue weighted by atomic mass is 19.3. The maximum absolute atomic E-state index is 13.1. The van der Waals surface area contributed by atoms with Crippen molar-refractivity contribution in [2.75, 3.05) is 5.32 Å². The first-order chi connectivity index (χ1) is 12.1. The Morgan fingerprint density at radius 3 is 2.56 bits per heavy atom. The molecule has 1 atom stereocenters. The van der Waals surface area contributed by atoms with Crippen LogP contribution in [0.4, 0.5) is 14.6 Å². The highest BCUT2D eigenvalue weighted by Gasteiger charge is 2.18. The van der Waals surface area contributed by atoms with E-state index in [0.29, 0.717) is 22.5 Å². The van der Waals surface area contributed by atoms with Crippen LogP contribution in [0.3, 0.4) is 0 Å². The van der Waals surface area contributed by atoms with Crippen LogP contribution in [0.1, 0.15) is 31.0 Å². The number of halogens is 2. The lowest BCUT2D eigenvalue weighted by atomic mass is 10.2. The number of nitrogens with zero attached hydrogens (tertiary/aromatic N) is 2. The number of nitrogens with one attached hydrogen (secondary N) is 1. The highest BCUT2D eigenvalue weighted by molar-refractivity contribution is 5.89. The van der Waals surface area contributed by atoms with Gasteiger partial charge >= 0.3 is 0 Å². The molecule has 6 heteroatoms. The van der Waals surface area contributed by atoms with Crippen LogP contribution in [-0.2, 0) is 0 Å². The highest BCUT2D eigenvalue weighted by Crippen LogP contribution is 2.29. The average molecular weight is 339 g/mol. The van der Waals surface area contributed by atoms with E-state index in [1.807, 2.05) is 43.3 Å². The van der Waals surface area contributed by atoms with E-state index in [1.165, 1.54) is 0 Å². The van der Waals surface area contributed by atoms with Gasteiger partial charge in [0, 0.05) is 10.8 Å². The smallest absolute Gasteiger partial charge is 0.297 e. The lowest BCUT2D eigenvalue weighted by Crippen LogP contribution is -2.10. The summed E-state index contributed by atoms with van der Waals surface area (Å²) in [5, 5.41) is 4.86. The van der Waals surface area contributed by atoms with E-state index < -0.39 is 12.2 Å². The zero-order valence-electron chi connectivity index (χ0n) is 13.4. The molecule has 0 aliphatic carbocycles. The fraction of sp³-hybridized carbons (Fsp3) is 0.158. The fourth-order valence-electron chi connectivity index (χ4n) is 2.79. The zero-order chi connectivity index (χ0) is 17.4. The molecular weight excluding hydrogens is 324 g/mol. The second-order valence-corrected chi connectivity index (χ2v) is 5.80. The quantitative estimate of drug-likeness (QED) is 0.534. The molecule has 0 amide bonds. The Morgan fingerprint density at radius 1 is 1.00 bits per heavy atom. The third-order valence-electron chi connectivity index (χ3n) is 4.04. The molecule has 0 saturated heterocycles. The van der Waals surface area contributed by atoms with Gasteiger partial charge in [0.15, 0.2) is 5.82 Å². The SMILES string of the molecule is C[C@@H](Nc1nc(C(F)F)nc2ccccc12)c1cc2ccccc2o1. The summed E-state index contributed by atoms with van der Waals surface area (Å²) in [7, 11) is 0. The monoisotopic (exact) mass is 339 g/mol. The topological polar surface area (TPSA) is 51.0 Å². The summed E-state index contributed by atoms with van der Waals surface area (Å²) in [6.45, 7) is 1.90. The van der Waals surface area contributed by atoms with Crippen molar-refractivity contribution in [2.45, 2.75) is 19.4 Å². The van der Waals surface area contributed by atoms with Gasteiger partial charge < -0.3 is 9.73 Å². The van der Waals surface area contributed by atoms with Crippen molar-refractivity contribution in [2.24, 2.45) is 0 Å². The first-order valence-corrected chi connectivity index (χ1v) is 7.91. The number of aromatic nitrogens is 2. The van der Waals surface area contributed by atoms with Crippen molar-refractivity contribution in [3.8, 4) is 0 Å². The van der Waals surface area contributed by atoms with E-state index in [9.17, 15) is 8.78 Å². The molecular formula is C19H15F2N3O. The van der Waals surface area contributed by atoms with E-state index >= 15 is 0 Å². The average Bonchev–Trinajstić information content (AvgIpc) is 3.06. The van der Waals surface area contributed by atoms with Gasteiger partial charge in [0.05, 0.1) is 11.6 Å². The second-order valence-electron chi connectivity index (χ2n) is 5.80. The van der Waals surface area contributed by atoms with E-state index in [-0.39, 0.29) is 6.04 Å². The molecule has 2 aromatic carbocycles. The summed E-state index contributed by atoms with van der Waals surface area (Å²) in [5.41, 5.74) is 1.26. The largest absolute Gasteiger partial charge is 0.459 e. The van der Waals surface area contributed by atoms with Crippen LogP contribution in [0, 0.1) is 0 Å². The number of rotatable bonds is 4. The van der Waals surface area contributed by atoms with Gasteiger partial charge in [-0.1, -0.05) is 30.3 Å². The van der Waals surface area contributed by atoms with Crippen molar-refractivity contribution in [3.05, 3.63) is 66.2 Å². The lowest BCUT2D eigenvalue weighted by molar-refractivity contribution is 0.141. The summed E-state index contributed by atoms with van der Waals surface area (Å²) in [6, 6.07) is 16.5. The Hall–Kier alpha value is -3.02. The Labute approximate surface area is 142 Å². The summed E-state index contributed by atoms with van der Waals surface area (Å²) in [6.07, 6.45) is -2.73. The predicted molar refractivity (Wildman–Crippen MR) is 92.7 cm³/mol. The number of anilines is 1. The van der Waals surface area contributed by atoms with Gasteiger partial charge in [-0.2, -0.15) is 0 Å². The van der Waals surface area contributed by atoms with Gasteiger partial charge in [0.2, 0.25) is 0 Å².